The Morgan fingerprint density at radius 3 is 2.21 bits per heavy atom. The quantitative estimate of drug-likeness (QED) is 0.745. The molecular formula is C13H22N2O3S. The second-order valence-corrected chi connectivity index (χ2v) is 6.46. The molecule has 0 aliphatic rings. The van der Waals surface area contributed by atoms with Crippen LogP contribution >= 0.6 is 11.8 Å². The van der Waals surface area contributed by atoms with E-state index in [9.17, 15) is 9.59 Å². The van der Waals surface area contributed by atoms with E-state index < -0.39 is 16.8 Å². The number of aliphatic carboxylic acids is 1. The maximum atomic E-state index is 11.8. The lowest BCUT2D eigenvalue weighted by Gasteiger charge is -2.27. The number of carbonyl (C=O) groups excluding carboxylic acids is 1. The second kappa shape index (κ2) is 7.39. The minimum absolute atomic E-state index is 0.0215. The minimum atomic E-state index is -0.922. The van der Waals surface area contributed by atoms with Crippen molar-refractivity contribution in [2.45, 2.75) is 45.4 Å². The fourth-order valence-electron chi connectivity index (χ4n) is 1.34. The van der Waals surface area contributed by atoms with E-state index in [4.69, 9.17) is 10.4 Å². The summed E-state index contributed by atoms with van der Waals surface area (Å²) < 4.78 is 0. The van der Waals surface area contributed by atoms with Gasteiger partial charge in [-0.2, -0.15) is 5.26 Å². The summed E-state index contributed by atoms with van der Waals surface area (Å²) in [5, 5.41) is 20.2. The van der Waals surface area contributed by atoms with Crippen LogP contribution in [-0.4, -0.2) is 33.5 Å². The van der Waals surface area contributed by atoms with E-state index in [0.29, 0.717) is 0 Å². The Balaban J connectivity index is 4.49. The first-order valence-corrected chi connectivity index (χ1v) is 7.25. The van der Waals surface area contributed by atoms with Crippen molar-refractivity contribution in [1.82, 2.24) is 5.32 Å². The Kier molecular flexibility index (Phi) is 6.91. The zero-order chi connectivity index (χ0) is 15.2. The van der Waals surface area contributed by atoms with Crippen LogP contribution in [0.15, 0.2) is 0 Å². The van der Waals surface area contributed by atoms with Crippen molar-refractivity contribution in [3.8, 4) is 6.07 Å². The number of thioether (sulfide) groups is 1. The summed E-state index contributed by atoms with van der Waals surface area (Å²) in [6.07, 6.45) is 0. The predicted molar refractivity (Wildman–Crippen MR) is 75.7 cm³/mol. The smallest absolute Gasteiger partial charge is 0.316 e. The first-order chi connectivity index (χ1) is 8.64. The van der Waals surface area contributed by atoms with Crippen LogP contribution in [0.25, 0.3) is 0 Å². The fourth-order valence-corrected chi connectivity index (χ4v) is 2.27. The van der Waals surface area contributed by atoms with Crippen molar-refractivity contribution in [2.75, 3.05) is 5.75 Å². The van der Waals surface area contributed by atoms with Gasteiger partial charge in [0, 0.05) is 0 Å². The standard InChI is InChI=1S/C13H22N2O3S/c1-8(2)11(12(17)18)19-6-10(16)15-13(5,7-14)9(3)4/h8-9,11H,6H2,1-5H3,(H,15,16)(H,17,18). The SMILES string of the molecule is CC(C)C(SCC(=O)NC(C)(C#N)C(C)C)C(=O)O. The van der Waals surface area contributed by atoms with Crippen molar-refractivity contribution in [3.05, 3.63) is 0 Å². The molecule has 0 saturated heterocycles. The summed E-state index contributed by atoms with van der Waals surface area (Å²) >= 11 is 1.09. The molecule has 0 aliphatic heterocycles. The van der Waals surface area contributed by atoms with E-state index in [-0.39, 0.29) is 23.5 Å². The Bertz CT molecular complexity index is 377. The van der Waals surface area contributed by atoms with Crippen molar-refractivity contribution >= 4 is 23.6 Å². The Hall–Kier alpha value is -1.22. The molecule has 108 valence electrons. The van der Waals surface area contributed by atoms with Gasteiger partial charge in [0.25, 0.3) is 0 Å². The van der Waals surface area contributed by atoms with Crippen LogP contribution in [0.5, 0.6) is 0 Å². The summed E-state index contributed by atoms with van der Waals surface area (Å²) in [6.45, 7) is 8.97. The number of hydrogen-bond acceptors (Lipinski definition) is 4. The molecule has 0 heterocycles. The molecule has 1 amide bonds. The highest BCUT2D eigenvalue weighted by molar-refractivity contribution is 8.01. The Labute approximate surface area is 118 Å². The molecule has 0 aliphatic carbocycles. The zero-order valence-corrected chi connectivity index (χ0v) is 12.9. The van der Waals surface area contributed by atoms with E-state index in [1.54, 1.807) is 20.8 Å². The fraction of sp³-hybridized carbons (Fsp3) is 0.769. The van der Waals surface area contributed by atoms with Crippen LogP contribution in [0.2, 0.25) is 0 Å². The number of hydrogen-bond donors (Lipinski definition) is 2. The summed E-state index contributed by atoms with van der Waals surface area (Å²) in [7, 11) is 0. The average molecular weight is 286 g/mol. The first-order valence-electron chi connectivity index (χ1n) is 6.20. The van der Waals surface area contributed by atoms with E-state index in [1.165, 1.54) is 0 Å². The van der Waals surface area contributed by atoms with Gasteiger partial charge in [-0.3, -0.25) is 9.59 Å². The van der Waals surface area contributed by atoms with Crippen LogP contribution in [0.4, 0.5) is 0 Å². The van der Waals surface area contributed by atoms with Crippen molar-refractivity contribution in [2.24, 2.45) is 11.8 Å². The number of carboxylic acid groups (broad SMARTS) is 1. The highest BCUT2D eigenvalue weighted by atomic mass is 32.2. The van der Waals surface area contributed by atoms with Gasteiger partial charge in [-0.05, 0) is 18.8 Å². The highest BCUT2D eigenvalue weighted by Crippen LogP contribution is 2.20. The third-order valence-electron chi connectivity index (χ3n) is 3.03. The maximum absolute atomic E-state index is 11.8. The second-order valence-electron chi connectivity index (χ2n) is 5.33. The third kappa shape index (κ3) is 5.52. The van der Waals surface area contributed by atoms with Crippen molar-refractivity contribution in [1.29, 1.82) is 5.26 Å². The van der Waals surface area contributed by atoms with Gasteiger partial charge in [0.15, 0.2) is 0 Å². The Morgan fingerprint density at radius 2 is 1.89 bits per heavy atom. The molecule has 0 aromatic rings. The molecule has 6 heteroatoms. The van der Waals surface area contributed by atoms with E-state index in [2.05, 4.69) is 11.4 Å². The molecule has 0 radical (unpaired) electrons. The van der Waals surface area contributed by atoms with Gasteiger partial charge >= 0.3 is 5.97 Å². The lowest BCUT2D eigenvalue weighted by Crippen LogP contribution is -2.49. The molecule has 5 nitrogen and oxygen atoms in total. The normalized spacial score (nSPS) is 15.7. The first kappa shape index (κ1) is 17.8. The van der Waals surface area contributed by atoms with Crippen LogP contribution in [-0.2, 0) is 9.59 Å². The monoisotopic (exact) mass is 286 g/mol. The van der Waals surface area contributed by atoms with Crippen molar-refractivity contribution < 1.29 is 14.7 Å². The molecule has 0 bridgehead atoms. The molecular weight excluding hydrogens is 264 g/mol. The van der Waals surface area contributed by atoms with Crippen LogP contribution in [0.3, 0.4) is 0 Å². The summed E-state index contributed by atoms with van der Waals surface area (Å²) in [6, 6.07) is 2.08. The lowest BCUT2D eigenvalue weighted by atomic mass is 9.90. The Morgan fingerprint density at radius 1 is 1.37 bits per heavy atom. The number of nitriles is 1. The van der Waals surface area contributed by atoms with E-state index in [0.717, 1.165) is 11.8 Å². The van der Waals surface area contributed by atoms with Gasteiger partial charge in [0.05, 0.1) is 11.8 Å². The molecule has 0 aromatic carbocycles. The number of nitrogens with zero attached hydrogens (tertiary/aromatic N) is 1. The predicted octanol–water partition coefficient (Wildman–Crippen LogP) is 1.88. The summed E-state index contributed by atoms with van der Waals surface area (Å²) in [5.74, 6) is -1.26. The molecule has 0 saturated carbocycles. The zero-order valence-electron chi connectivity index (χ0n) is 12.1. The average Bonchev–Trinajstić information content (AvgIpc) is 2.27. The maximum Gasteiger partial charge on any atom is 0.316 e. The molecule has 2 atom stereocenters. The number of carbonyl (C=O) groups is 2. The van der Waals surface area contributed by atoms with Gasteiger partial charge in [-0.15, -0.1) is 11.8 Å². The highest BCUT2D eigenvalue weighted by Gasteiger charge is 2.30. The van der Waals surface area contributed by atoms with Crippen LogP contribution in [0, 0.1) is 23.2 Å². The topological polar surface area (TPSA) is 90.2 Å². The van der Waals surface area contributed by atoms with Gasteiger partial charge < -0.3 is 10.4 Å². The van der Waals surface area contributed by atoms with Gasteiger partial charge in [0.1, 0.15) is 10.8 Å². The van der Waals surface area contributed by atoms with E-state index in [1.807, 2.05) is 13.8 Å². The molecule has 19 heavy (non-hydrogen) atoms. The lowest BCUT2D eigenvalue weighted by molar-refractivity contribution is -0.137. The van der Waals surface area contributed by atoms with Crippen LogP contribution < -0.4 is 5.32 Å². The largest absolute Gasteiger partial charge is 0.480 e. The van der Waals surface area contributed by atoms with Crippen molar-refractivity contribution in [3.63, 3.8) is 0 Å². The molecule has 2 unspecified atom stereocenters. The molecule has 0 spiro atoms. The van der Waals surface area contributed by atoms with E-state index >= 15 is 0 Å². The number of nitrogens with one attached hydrogen (secondary N) is 1. The third-order valence-corrected chi connectivity index (χ3v) is 4.56. The van der Waals surface area contributed by atoms with Crippen LogP contribution in [0.1, 0.15) is 34.6 Å². The van der Waals surface area contributed by atoms with Gasteiger partial charge in [-0.1, -0.05) is 27.7 Å². The summed E-state index contributed by atoms with van der Waals surface area (Å²) in [4.78, 5) is 22.8. The number of carboxylic acids is 1. The van der Waals surface area contributed by atoms with Gasteiger partial charge in [-0.25, -0.2) is 0 Å². The molecule has 0 fully saturated rings. The summed E-state index contributed by atoms with van der Waals surface area (Å²) in [5.41, 5.74) is -0.922. The number of amides is 1. The molecule has 0 aromatic heterocycles. The molecule has 0 rings (SSSR count). The number of rotatable bonds is 7. The minimum Gasteiger partial charge on any atom is -0.480 e. The molecule has 2 N–H and O–H groups in total. The van der Waals surface area contributed by atoms with Gasteiger partial charge in [0.2, 0.25) is 5.91 Å².